The Kier molecular flexibility index (Phi) is 8.76. The van der Waals surface area contributed by atoms with Crippen LogP contribution in [0.3, 0.4) is 0 Å². The molecule has 1 aromatic rings. The van der Waals surface area contributed by atoms with Crippen LogP contribution >= 0.6 is 11.6 Å². The van der Waals surface area contributed by atoms with E-state index in [1.165, 1.54) is 0 Å². The third kappa shape index (κ3) is 10.4. The summed E-state index contributed by atoms with van der Waals surface area (Å²) in [5.41, 5.74) is -0.101. The zero-order valence-corrected chi connectivity index (χ0v) is 18.0. The summed E-state index contributed by atoms with van der Waals surface area (Å²) >= 11 is 6.20. The summed E-state index contributed by atoms with van der Waals surface area (Å²) in [6, 6.07) is 9.64. The van der Waals surface area contributed by atoms with Crippen LogP contribution < -0.4 is 0 Å². The summed E-state index contributed by atoms with van der Waals surface area (Å²) in [5.74, 6) is -0.510. The van der Waals surface area contributed by atoms with Gasteiger partial charge in [0.25, 0.3) is 0 Å². The van der Waals surface area contributed by atoms with Crippen LogP contribution in [0.1, 0.15) is 47.1 Å². The van der Waals surface area contributed by atoms with Gasteiger partial charge in [-0.2, -0.15) is 0 Å². The van der Waals surface area contributed by atoms with Crippen LogP contribution in [0.2, 0.25) is 0 Å². The smallest absolute Gasteiger partial charge is 0.320 e. The molecule has 0 saturated heterocycles. The predicted octanol–water partition coefficient (Wildman–Crippen LogP) is 3.82. The minimum Gasteiger partial charge on any atom is -0.459 e. The van der Waals surface area contributed by atoms with E-state index in [1.54, 1.807) is 4.90 Å². The third-order valence-corrected chi connectivity index (χ3v) is 3.87. The van der Waals surface area contributed by atoms with Gasteiger partial charge in [0, 0.05) is 11.9 Å². The molecule has 0 amide bonds. The van der Waals surface area contributed by atoms with Gasteiger partial charge >= 0.3 is 11.9 Å². The van der Waals surface area contributed by atoms with Gasteiger partial charge in [-0.25, -0.2) is 0 Å². The molecule has 0 aliphatic carbocycles. The molecule has 0 spiro atoms. The maximum atomic E-state index is 12.3. The maximum absolute atomic E-state index is 12.3. The topological polar surface area (TPSA) is 55.8 Å². The lowest BCUT2D eigenvalue weighted by Gasteiger charge is -2.31. The van der Waals surface area contributed by atoms with E-state index >= 15 is 0 Å². The second-order valence-corrected chi connectivity index (χ2v) is 8.88. The first-order chi connectivity index (χ1) is 12.4. The molecule has 1 unspecified atom stereocenters. The minimum atomic E-state index is -0.593. The lowest BCUT2D eigenvalue weighted by atomic mass is 10.1. The van der Waals surface area contributed by atoms with Crippen molar-refractivity contribution < 1.29 is 19.1 Å². The summed E-state index contributed by atoms with van der Waals surface area (Å²) in [6.45, 7) is 10.8. The van der Waals surface area contributed by atoms with Crippen molar-refractivity contribution in [2.75, 3.05) is 19.0 Å². The van der Waals surface area contributed by atoms with Gasteiger partial charge in [0.05, 0.1) is 13.1 Å². The SMILES string of the molecule is CC(C)(C)OC(=O)CN(CC(=O)OC(C)(C)C)C(CCl)Cc1ccccc1. The molecule has 0 aromatic heterocycles. The van der Waals surface area contributed by atoms with Crippen molar-refractivity contribution in [2.45, 2.75) is 65.2 Å². The Labute approximate surface area is 168 Å². The Hall–Kier alpha value is -1.59. The van der Waals surface area contributed by atoms with Crippen LogP contribution in [0.15, 0.2) is 30.3 Å². The average Bonchev–Trinajstić information content (AvgIpc) is 2.49. The summed E-state index contributed by atoms with van der Waals surface area (Å²) < 4.78 is 10.8. The highest BCUT2D eigenvalue weighted by Crippen LogP contribution is 2.15. The van der Waals surface area contributed by atoms with Gasteiger partial charge in [0.1, 0.15) is 11.2 Å². The van der Waals surface area contributed by atoms with Crippen molar-refractivity contribution >= 4 is 23.5 Å². The van der Waals surface area contributed by atoms with Crippen LogP contribution in [0, 0.1) is 0 Å². The zero-order chi connectivity index (χ0) is 20.7. The monoisotopic (exact) mass is 397 g/mol. The predicted molar refractivity (Wildman–Crippen MR) is 108 cm³/mol. The molecule has 1 rings (SSSR count). The second kappa shape index (κ2) is 10.1. The van der Waals surface area contributed by atoms with Crippen LogP contribution in [0.5, 0.6) is 0 Å². The quantitative estimate of drug-likeness (QED) is 0.493. The minimum absolute atomic E-state index is 0.0271. The van der Waals surface area contributed by atoms with Gasteiger partial charge in [0.15, 0.2) is 0 Å². The van der Waals surface area contributed by atoms with E-state index in [0.717, 1.165) is 5.56 Å². The molecule has 0 saturated carbocycles. The van der Waals surface area contributed by atoms with Crippen molar-refractivity contribution in [3.05, 3.63) is 35.9 Å². The number of alkyl halides is 1. The summed E-state index contributed by atoms with van der Waals surface area (Å²) in [4.78, 5) is 26.4. The fraction of sp³-hybridized carbons (Fsp3) is 0.619. The number of benzene rings is 1. The van der Waals surface area contributed by atoms with Crippen molar-refractivity contribution in [2.24, 2.45) is 0 Å². The van der Waals surface area contributed by atoms with Crippen molar-refractivity contribution in [1.29, 1.82) is 0 Å². The number of hydrogen-bond acceptors (Lipinski definition) is 5. The first-order valence-corrected chi connectivity index (χ1v) is 9.71. The van der Waals surface area contributed by atoms with Gasteiger partial charge < -0.3 is 9.47 Å². The molecule has 0 aliphatic rings. The number of carbonyl (C=O) groups excluding carboxylic acids is 2. The lowest BCUT2D eigenvalue weighted by Crippen LogP contribution is -2.47. The van der Waals surface area contributed by atoms with E-state index in [2.05, 4.69) is 0 Å². The van der Waals surface area contributed by atoms with E-state index in [4.69, 9.17) is 21.1 Å². The molecule has 0 aliphatic heterocycles. The highest BCUT2D eigenvalue weighted by molar-refractivity contribution is 6.18. The molecule has 0 bridgehead atoms. The second-order valence-electron chi connectivity index (χ2n) is 8.58. The molecule has 27 heavy (non-hydrogen) atoms. The van der Waals surface area contributed by atoms with E-state index in [1.807, 2.05) is 71.9 Å². The lowest BCUT2D eigenvalue weighted by molar-refractivity contribution is -0.160. The standard InChI is InChI=1S/C21H32ClNO4/c1-20(2,3)26-18(24)14-23(15-19(25)27-21(4,5)6)17(13-22)12-16-10-8-7-9-11-16/h7-11,17H,12-15H2,1-6H3. The van der Waals surface area contributed by atoms with E-state index in [-0.39, 0.29) is 25.0 Å². The highest BCUT2D eigenvalue weighted by Gasteiger charge is 2.28. The van der Waals surface area contributed by atoms with Gasteiger partial charge in [-0.3, -0.25) is 14.5 Å². The van der Waals surface area contributed by atoms with Gasteiger partial charge in [0.2, 0.25) is 0 Å². The Morgan fingerprint density at radius 3 is 1.74 bits per heavy atom. The van der Waals surface area contributed by atoms with E-state index in [0.29, 0.717) is 6.42 Å². The van der Waals surface area contributed by atoms with Crippen LogP contribution in [0.25, 0.3) is 0 Å². The summed E-state index contributed by atoms with van der Waals surface area (Å²) in [7, 11) is 0. The molecule has 1 atom stereocenters. The number of rotatable bonds is 8. The summed E-state index contributed by atoms with van der Waals surface area (Å²) in [5, 5.41) is 0. The number of carbonyl (C=O) groups is 2. The van der Waals surface area contributed by atoms with Crippen molar-refractivity contribution in [1.82, 2.24) is 4.90 Å². The Bertz CT molecular complexity index is 575. The van der Waals surface area contributed by atoms with Gasteiger partial charge in [-0.15, -0.1) is 11.6 Å². The van der Waals surface area contributed by atoms with E-state index in [9.17, 15) is 9.59 Å². The molecule has 0 N–H and O–H groups in total. The molecule has 5 nitrogen and oxygen atoms in total. The number of halogens is 1. The van der Waals surface area contributed by atoms with Crippen LogP contribution in [0.4, 0.5) is 0 Å². The molecule has 152 valence electrons. The Morgan fingerprint density at radius 1 is 0.926 bits per heavy atom. The normalized spacial score (nSPS) is 13.3. The number of nitrogens with zero attached hydrogens (tertiary/aromatic N) is 1. The fourth-order valence-corrected chi connectivity index (χ4v) is 2.87. The third-order valence-electron chi connectivity index (χ3n) is 3.51. The first-order valence-electron chi connectivity index (χ1n) is 9.17. The molecular formula is C21H32ClNO4. The molecule has 6 heteroatoms. The first kappa shape index (κ1) is 23.4. The van der Waals surface area contributed by atoms with Crippen molar-refractivity contribution in [3.63, 3.8) is 0 Å². The maximum Gasteiger partial charge on any atom is 0.320 e. The van der Waals surface area contributed by atoms with Gasteiger partial charge in [-0.05, 0) is 53.5 Å². The number of esters is 2. The fourth-order valence-electron chi connectivity index (χ4n) is 2.56. The van der Waals surface area contributed by atoms with Crippen LogP contribution in [-0.4, -0.2) is 53.1 Å². The number of hydrogen-bond donors (Lipinski definition) is 0. The van der Waals surface area contributed by atoms with Crippen molar-refractivity contribution in [3.8, 4) is 0 Å². The van der Waals surface area contributed by atoms with Gasteiger partial charge in [-0.1, -0.05) is 30.3 Å². The van der Waals surface area contributed by atoms with Crippen LogP contribution in [-0.2, 0) is 25.5 Å². The number of ether oxygens (including phenoxy) is 2. The molecule has 0 radical (unpaired) electrons. The molecule has 0 fully saturated rings. The Morgan fingerprint density at radius 2 is 1.37 bits per heavy atom. The van der Waals surface area contributed by atoms with E-state index < -0.39 is 23.1 Å². The zero-order valence-electron chi connectivity index (χ0n) is 17.3. The molecule has 0 heterocycles. The highest BCUT2D eigenvalue weighted by atomic mass is 35.5. The molecular weight excluding hydrogens is 366 g/mol. The summed E-state index contributed by atoms with van der Waals surface area (Å²) in [6.07, 6.45) is 0.621. The molecule has 1 aromatic carbocycles. The average molecular weight is 398 g/mol. The largest absolute Gasteiger partial charge is 0.459 e. The Balaban J connectivity index is 2.92.